The van der Waals surface area contributed by atoms with E-state index in [1.54, 1.807) is 29.6 Å². The third-order valence-corrected chi connectivity index (χ3v) is 4.57. The van der Waals surface area contributed by atoms with Crippen LogP contribution in [0.25, 0.3) is 0 Å². The summed E-state index contributed by atoms with van der Waals surface area (Å²) >= 11 is 1.32. The molecule has 1 aromatic heterocycles. The van der Waals surface area contributed by atoms with Gasteiger partial charge in [0.05, 0.1) is 11.3 Å². The highest BCUT2D eigenvalue weighted by molar-refractivity contribution is 7.12. The van der Waals surface area contributed by atoms with Crippen molar-refractivity contribution in [3.05, 3.63) is 58.0 Å². The molecule has 2 rings (SSSR count). The van der Waals surface area contributed by atoms with Gasteiger partial charge in [0.25, 0.3) is 5.91 Å². The van der Waals surface area contributed by atoms with Crippen LogP contribution in [0.5, 0.6) is 0 Å². The number of ether oxygens (including phenoxy) is 1. The van der Waals surface area contributed by atoms with Crippen molar-refractivity contribution < 1.29 is 23.5 Å². The van der Waals surface area contributed by atoms with Gasteiger partial charge in [0.15, 0.2) is 11.9 Å². The summed E-state index contributed by atoms with van der Waals surface area (Å²) in [5.74, 6) is -1.43. The fourth-order valence-corrected chi connectivity index (χ4v) is 2.90. The predicted octanol–water partition coefficient (Wildman–Crippen LogP) is 3.14. The Morgan fingerprint density at radius 2 is 1.88 bits per heavy atom. The molecule has 1 amide bonds. The monoisotopic (exact) mass is 377 g/mol. The minimum Gasteiger partial charge on any atom is -0.453 e. The molecule has 0 aliphatic carbocycles. The number of benzene rings is 1. The van der Waals surface area contributed by atoms with Crippen molar-refractivity contribution in [2.75, 3.05) is 6.54 Å². The van der Waals surface area contributed by atoms with Crippen LogP contribution in [0.2, 0.25) is 0 Å². The molecule has 0 aliphatic heterocycles. The van der Waals surface area contributed by atoms with Crippen molar-refractivity contribution in [1.82, 2.24) is 5.32 Å². The number of amides is 1. The van der Waals surface area contributed by atoms with E-state index in [0.29, 0.717) is 17.8 Å². The van der Waals surface area contributed by atoms with E-state index in [2.05, 4.69) is 5.32 Å². The van der Waals surface area contributed by atoms with Gasteiger partial charge in [0.2, 0.25) is 0 Å². The van der Waals surface area contributed by atoms with Crippen molar-refractivity contribution in [3.63, 3.8) is 0 Å². The average molecular weight is 377 g/mol. The third kappa shape index (κ3) is 6.40. The SMILES string of the molecule is C[C@@H](OC(=O)CCC(=O)c1cccs1)C(=O)NCCc1ccc(F)cc1. The number of carbonyl (C=O) groups is 3. The number of nitrogens with one attached hydrogen (secondary N) is 1. The molecule has 0 spiro atoms. The summed E-state index contributed by atoms with van der Waals surface area (Å²) in [6.45, 7) is 1.83. The lowest BCUT2D eigenvalue weighted by atomic mass is 10.1. The van der Waals surface area contributed by atoms with E-state index in [4.69, 9.17) is 4.74 Å². The quantitative estimate of drug-likeness (QED) is 0.538. The van der Waals surface area contributed by atoms with Crippen LogP contribution in [0.4, 0.5) is 4.39 Å². The Morgan fingerprint density at radius 3 is 2.54 bits per heavy atom. The van der Waals surface area contributed by atoms with Crippen LogP contribution >= 0.6 is 11.3 Å². The molecule has 0 radical (unpaired) electrons. The van der Waals surface area contributed by atoms with E-state index in [0.717, 1.165) is 5.56 Å². The van der Waals surface area contributed by atoms with E-state index in [1.165, 1.54) is 30.4 Å². The van der Waals surface area contributed by atoms with Gasteiger partial charge >= 0.3 is 5.97 Å². The molecule has 0 aliphatic rings. The molecular weight excluding hydrogens is 357 g/mol. The lowest BCUT2D eigenvalue weighted by molar-refractivity contribution is -0.154. The van der Waals surface area contributed by atoms with Gasteiger partial charge in [-0.2, -0.15) is 0 Å². The highest BCUT2D eigenvalue weighted by Gasteiger charge is 2.18. The zero-order chi connectivity index (χ0) is 18.9. The largest absolute Gasteiger partial charge is 0.453 e. The summed E-state index contributed by atoms with van der Waals surface area (Å²) in [5, 5.41) is 4.46. The van der Waals surface area contributed by atoms with E-state index in [1.807, 2.05) is 0 Å². The van der Waals surface area contributed by atoms with Crippen molar-refractivity contribution in [2.45, 2.75) is 32.3 Å². The Hall–Kier alpha value is -2.54. The van der Waals surface area contributed by atoms with Gasteiger partial charge in [-0.05, 0) is 42.5 Å². The molecule has 0 saturated heterocycles. The summed E-state index contributed by atoms with van der Waals surface area (Å²) in [4.78, 5) is 36.1. The first-order chi connectivity index (χ1) is 12.5. The zero-order valence-corrected chi connectivity index (χ0v) is 15.2. The van der Waals surface area contributed by atoms with Crippen molar-refractivity contribution >= 4 is 29.0 Å². The zero-order valence-electron chi connectivity index (χ0n) is 14.4. The Labute approximate surface area is 155 Å². The second-order valence-electron chi connectivity index (χ2n) is 5.70. The van der Waals surface area contributed by atoms with Crippen LogP contribution in [0.3, 0.4) is 0 Å². The van der Waals surface area contributed by atoms with E-state index >= 15 is 0 Å². The average Bonchev–Trinajstić information content (AvgIpc) is 3.16. The van der Waals surface area contributed by atoms with Crippen LogP contribution in [-0.4, -0.2) is 30.3 Å². The number of hydrogen-bond acceptors (Lipinski definition) is 5. The standard InChI is InChI=1S/C19H20FNO4S/c1-13(19(24)21-11-10-14-4-6-15(20)7-5-14)25-18(23)9-8-16(22)17-3-2-12-26-17/h2-7,12-13H,8-11H2,1H3,(H,21,24)/t13-/m1/s1. The van der Waals surface area contributed by atoms with Crippen molar-refractivity contribution in [3.8, 4) is 0 Å². The number of halogens is 1. The van der Waals surface area contributed by atoms with Crippen LogP contribution in [0, 0.1) is 5.82 Å². The molecule has 2 aromatic rings. The first kappa shape index (κ1) is 19.8. The smallest absolute Gasteiger partial charge is 0.307 e. The summed E-state index contributed by atoms with van der Waals surface area (Å²) in [6, 6.07) is 9.49. The first-order valence-corrected chi connectivity index (χ1v) is 9.12. The van der Waals surface area contributed by atoms with Crippen molar-refractivity contribution in [2.24, 2.45) is 0 Å². The minimum atomic E-state index is -0.937. The molecule has 1 heterocycles. The van der Waals surface area contributed by atoms with Gasteiger partial charge in [-0.3, -0.25) is 14.4 Å². The predicted molar refractivity (Wildman–Crippen MR) is 96.6 cm³/mol. The van der Waals surface area contributed by atoms with E-state index in [-0.39, 0.29) is 24.4 Å². The number of ketones is 1. The Balaban J connectivity index is 1.66. The van der Waals surface area contributed by atoms with Gasteiger partial charge in [0.1, 0.15) is 5.82 Å². The van der Waals surface area contributed by atoms with Gasteiger partial charge < -0.3 is 10.1 Å². The maximum Gasteiger partial charge on any atom is 0.307 e. The Morgan fingerprint density at radius 1 is 1.15 bits per heavy atom. The van der Waals surface area contributed by atoms with Crippen LogP contribution in [-0.2, 0) is 20.7 Å². The molecule has 1 aromatic carbocycles. The highest BCUT2D eigenvalue weighted by atomic mass is 32.1. The maximum absolute atomic E-state index is 12.8. The molecule has 1 N–H and O–H groups in total. The van der Waals surface area contributed by atoms with Crippen LogP contribution in [0.1, 0.15) is 35.0 Å². The number of carbonyl (C=O) groups excluding carboxylic acids is 3. The van der Waals surface area contributed by atoms with Crippen LogP contribution < -0.4 is 5.32 Å². The number of thiophene rings is 1. The van der Waals surface area contributed by atoms with Gasteiger partial charge in [-0.15, -0.1) is 11.3 Å². The molecule has 26 heavy (non-hydrogen) atoms. The topological polar surface area (TPSA) is 72.5 Å². The summed E-state index contributed by atoms with van der Waals surface area (Å²) in [6.07, 6.45) is -0.406. The fraction of sp³-hybridized carbons (Fsp3) is 0.316. The van der Waals surface area contributed by atoms with E-state index in [9.17, 15) is 18.8 Å². The Kier molecular flexibility index (Phi) is 7.47. The second-order valence-corrected chi connectivity index (χ2v) is 6.65. The normalized spacial score (nSPS) is 11.6. The summed E-state index contributed by atoms with van der Waals surface area (Å²) < 4.78 is 17.9. The molecule has 0 unspecified atom stereocenters. The molecule has 0 saturated carbocycles. The maximum atomic E-state index is 12.8. The first-order valence-electron chi connectivity index (χ1n) is 8.24. The molecule has 0 fully saturated rings. The van der Waals surface area contributed by atoms with Gasteiger partial charge in [0, 0.05) is 13.0 Å². The number of Topliss-reactive ketones (excluding diaryl/α,β-unsaturated/α-hetero) is 1. The van der Waals surface area contributed by atoms with Gasteiger partial charge in [-0.25, -0.2) is 4.39 Å². The molecule has 7 heteroatoms. The summed E-state index contributed by atoms with van der Waals surface area (Å²) in [7, 11) is 0. The van der Waals surface area contributed by atoms with E-state index < -0.39 is 18.0 Å². The molecule has 0 bridgehead atoms. The highest BCUT2D eigenvalue weighted by Crippen LogP contribution is 2.12. The Bertz CT molecular complexity index is 743. The molecule has 5 nitrogen and oxygen atoms in total. The minimum absolute atomic E-state index is 0.0538. The van der Waals surface area contributed by atoms with Crippen LogP contribution in [0.15, 0.2) is 41.8 Å². The number of hydrogen-bond donors (Lipinski definition) is 1. The molecule has 138 valence electrons. The number of esters is 1. The molecule has 1 atom stereocenters. The lowest BCUT2D eigenvalue weighted by Gasteiger charge is -2.13. The van der Waals surface area contributed by atoms with Crippen molar-refractivity contribution in [1.29, 1.82) is 0 Å². The second kappa shape index (κ2) is 9.82. The summed E-state index contributed by atoms with van der Waals surface area (Å²) in [5.41, 5.74) is 0.892. The fourth-order valence-electron chi connectivity index (χ4n) is 2.21. The third-order valence-electron chi connectivity index (χ3n) is 3.66. The number of rotatable bonds is 9. The lowest BCUT2D eigenvalue weighted by Crippen LogP contribution is -2.36. The van der Waals surface area contributed by atoms with Gasteiger partial charge in [-0.1, -0.05) is 18.2 Å². The molecular formula is C19H20FNO4S.